The molecule has 36 N–H and O–H groups in total. The van der Waals surface area contributed by atoms with E-state index in [2.05, 4.69) is 20.6 Å². The summed E-state index contributed by atoms with van der Waals surface area (Å²) in [7, 11) is 0. The topological polar surface area (TPSA) is 838 Å². The Hall–Kier alpha value is -19.4. The molecular formula is C94H102N10O33. The maximum atomic E-state index is 10.7. The SMILES string of the molecule is C/C(=N\O)c1ccc(O)c(O)c1.C/C(=N\O)c1ccc(O)c(O)c1.CC(=N)c1ccc(O)c(O)c1.CC(=N)c1ccc(O)c(O)c1.CC(=N)c1ccc(O)c(O)c1.CC(=N)c1ccc(O)c(O)c1.CC(=O)c1ccc(O)c(O)c1.CC(=O)c1ccc(O)c(O)c1.CC(=O)c1ccc(O)c(O)c1.CC(=O)c1ccc(O)c(O)c1.N/C(=N\O)c1ccc(O)c(O)c1.O/N=C(\NO)c1ccc(O)c(O)c1. The molecule has 0 aliphatic carbocycles. The second-order valence-corrected chi connectivity index (χ2v) is 27.6. The van der Waals surface area contributed by atoms with Gasteiger partial charge in [0, 0.05) is 67.4 Å². The van der Waals surface area contributed by atoms with Crippen molar-refractivity contribution in [3.63, 3.8) is 0 Å². The molecule has 0 aromatic heterocycles. The van der Waals surface area contributed by atoms with E-state index in [1.807, 2.05) is 0 Å². The zero-order valence-electron chi connectivity index (χ0n) is 74.3. The standard InChI is InChI=1S/2C8H9NO3.4C8H9NO2.4C8H8O3.C7H8N2O4.C7H8N2O3/c2*1-5(9-12)6-2-3-7(10)8(11)4-6;8*1-5(9)6-2-3-7(10)8(11)4-6;10-5-2-1-4(3-6(5)11)7(8-12)9-13;8-7(9-12)4-1-2-5(10)6(11)3-4/h2*2-4,10-12H,1H3;4*2-4,9-11H,1H3;4*2-4,10-11H,1H3;1-3,10-13H,(H,8,9);1-3,10-12H,(H2,8,9)/b2*9-5+;;;;;;;;;;. The molecule has 0 spiro atoms. The van der Waals surface area contributed by atoms with Crippen molar-refractivity contribution in [2.24, 2.45) is 26.4 Å². The molecule has 43 nitrogen and oxygen atoms in total. The number of Topliss-reactive ketones (excluding diaryl/α,β-unsaturated/α-hetero) is 4. The summed E-state index contributed by atoms with van der Waals surface area (Å²) in [6.45, 7) is 15.2. The van der Waals surface area contributed by atoms with Gasteiger partial charge in [0.2, 0.25) is 0 Å². The zero-order chi connectivity index (χ0) is 105. The van der Waals surface area contributed by atoms with Gasteiger partial charge in [-0.2, -0.15) is 0 Å². The summed E-state index contributed by atoms with van der Waals surface area (Å²) < 4.78 is 0. The van der Waals surface area contributed by atoms with Gasteiger partial charge in [0.1, 0.15) is 0 Å². The van der Waals surface area contributed by atoms with Crippen LogP contribution in [-0.4, -0.2) is 218 Å². The summed E-state index contributed by atoms with van der Waals surface area (Å²) >= 11 is 0. The van der Waals surface area contributed by atoms with Gasteiger partial charge in [-0.15, -0.1) is 0 Å². The third-order valence-electron chi connectivity index (χ3n) is 17.1. The molecular weight excluding hydrogens is 1800 g/mol. The molecule has 0 fully saturated rings. The van der Waals surface area contributed by atoms with Crippen molar-refractivity contribution in [1.82, 2.24) is 5.48 Å². The number of nitrogens with two attached hydrogens (primary N) is 1. The lowest BCUT2D eigenvalue weighted by Crippen LogP contribution is -2.19. The Morgan fingerprint density at radius 1 is 0.204 bits per heavy atom. The van der Waals surface area contributed by atoms with Crippen molar-refractivity contribution in [3.8, 4) is 138 Å². The number of phenols is 24. The third kappa shape index (κ3) is 40.5. The van der Waals surface area contributed by atoms with Crippen molar-refractivity contribution < 1.29 is 168 Å². The summed E-state index contributed by atoms with van der Waals surface area (Å²) in [6.07, 6.45) is 0. The van der Waals surface area contributed by atoms with E-state index in [1.54, 1.807) is 83.4 Å². The Morgan fingerprint density at radius 2 is 0.343 bits per heavy atom. The number of oxime groups is 4. The second-order valence-electron chi connectivity index (χ2n) is 27.6. The first-order valence-electron chi connectivity index (χ1n) is 38.5. The van der Waals surface area contributed by atoms with E-state index in [0.717, 1.165) is 6.07 Å². The van der Waals surface area contributed by atoms with E-state index in [1.165, 1.54) is 204 Å². The smallest absolute Gasteiger partial charge is 0.196 e. The van der Waals surface area contributed by atoms with Crippen molar-refractivity contribution >= 4 is 69.1 Å². The number of benzene rings is 12. The van der Waals surface area contributed by atoms with Gasteiger partial charge in [-0.1, -0.05) is 20.6 Å². The van der Waals surface area contributed by atoms with Crippen LogP contribution in [0.2, 0.25) is 0 Å². The molecule has 0 unspecified atom stereocenters. The molecule has 0 saturated carbocycles. The first-order chi connectivity index (χ1) is 64.0. The lowest BCUT2D eigenvalue weighted by molar-refractivity contribution is 0.100. The molecule has 0 aliphatic rings. The number of nitrogens with zero attached hydrogens (tertiary/aromatic N) is 4. The average Bonchev–Trinajstić information content (AvgIpc) is 0.857. The number of hydroxylamine groups is 1. The molecule has 12 rings (SSSR count). The number of hydrogen-bond acceptors (Lipinski definition) is 41. The van der Waals surface area contributed by atoms with E-state index < -0.39 is 0 Å². The van der Waals surface area contributed by atoms with Gasteiger partial charge < -0.3 is 171 Å². The van der Waals surface area contributed by atoms with Crippen molar-refractivity contribution in [3.05, 3.63) is 285 Å². The van der Waals surface area contributed by atoms with Gasteiger partial charge in [-0.25, -0.2) is 5.48 Å². The van der Waals surface area contributed by atoms with Crippen molar-refractivity contribution in [1.29, 1.82) is 21.6 Å². The number of nitrogens with one attached hydrogen (secondary N) is 5. The number of carbonyl (C=O) groups is 4. The van der Waals surface area contributed by atoms with Crippen LogP contribution in [0.25, 0.3) is 0 Å². The number of ketones is 4. The van der Waals surface area contributed by atoms with Crippen LogP contribution in [0.15, 0.2) is 239 Å². The highest BCUT2D eigenvalue weighted by Crippen LogP contribution is 2.34. The quantitative estimate of drug-likeness (QED) is 0.0135. The van der Waals surface area contributed by atoms with Gasteiger partial charge in [0.25, 0.3) is 0 Å². The minimum atomic E-state index is -0.367. The fraction of sp³-hybridized carbons (Fsp3) is 0.106. The van der Waals surface area contributed by atoms with Crippen molar-refractivity contribution in [2.75, 3.05) is 0 Å². The Labute approximate surface area is 779 Å². The molecule has 12 aromatic carbocycles. The molecule has 0 radical (unpaired) electrons. The highest BCUT2D eigenvalue weighted by molar-refractivity contribution is 6.02. The molecule has 0 atom stereocenters. The van der Waals surface area contributed by atoms with Crippen LogP contribution < -0.4 is 11.2 Å². The van der Waals surface area contributed by atoms with Gasteiger partial charge in [-0.05, 0) is 310 Å². The fourth-order valence-corrected chi connectivity index (χ4v) is 9.16. The maximum Gasteiger partial charge on any atom is 0.196 e. The van der Waals surface area contributed by atoms with E-state index in [4.69, 9.17) is 176 Å². The van der Waals surface area contributed by atoms with Gasteiger partial charge >= 0.3 is 0 Å². The number of carbonyl (C=O) groups excluding carboxylic acids is 4. The highest BCUT2D eigenvalue weighted by Gasteiger charge is 2.13. The van der Waals surface area contributed by atoms with Gasteiger partial charge in [0.05, 0.1) is 11.4 Å². The van der Waals surface area contributed by atoms with Crippen LogP contribution in [0.1, 0.15) is 155 Å². The number of hydrogen-bond donors (Lipinski definition) is 35. The molecule has 0 heterocycles. The van der Waals surface area contributed by atoms with E-state index in [-0.39, 0.29) is 178 Å². The van der Waals surface area contributed by atoms with Crippen molar-refractivity contribution in [2.45, 2.75) is 69.2 Å². The lowest BCUT2D eigenvalue weighted by Gasteiger charge is -2.03. The number of amidine groups is 2. The fourth-order valence-electron chi connectivity index (χ4n) is 9.16. The predicted octanol–water partition coefficient (Wildman–Crippen LogP) is 14.1. The maximum absolute atomic E-state index is 10.7. The number of rotatable bonds is 12. The average molecular weight is 1900 g/mol. The minimum absolute atomic E-state index is 0.120. The van der Waals surface area contributed by atoms with Crippen LogP contribution in [0.3, 0.4) is 0 Å². The zero-order valence-corrected chi connectivity index (χ0v) is 74.3. The molecule has 0 aliphatic heterocycles. The Bertz CT molecular complexity index is 5470. The molecule has 0 amide bonds. The predicted molar refractivity (Wildman–Crippen MR) is 501 cm³/mol. The minimum Gasteiger partial charge on any atom is -0.504 e. The molecule has 137 heavy (non-hydrogen) atoms. The molecule has 12 aromatic rings. The largest absolute Gasteiger partial charge is 0.504 e. The van der Waals surface area contributed by atoms with Gasteiger partial charge in [0.15, 0.2) is 173 Å². The number of aromatic hydroxyl groups is 24. The van der Waals surface area contributed by atoms with Crippen LogP contribution >= 0.6 is 0 Å². The Morgan fingerprint density at radius 3 is 0.489 bits per heavy atom. The highest BCUT2D eigenvalue weighted by atomic mass is 16.5. The lowest BCUT2D eigenvalue weighted by atomic mass is 10.1. The van der Waals surface area contributed by atoms with Crippen LogP contribution in [0.5, 0.6) is 138 Å². The van der Waals surface area contributed by atoms with E-state index in [9.17, 15) is 19.2 Å². The van der Waals surface area contributed by atoms with Crippen LogP contribution in [0.4, 0.5) is 0 Å². The summed E-state index contributed by atoms with van der Waals surface area (Å²) in [5, 5.41) is 297. The summed E-state index contributed by atoms with van der Waals surface area (Å²) in [6, 6.07) is 49.1. The molecule has 0 bridgehead atoms. The normalized spacial score (nSPS) is 10.2. The summed E-state index contributed by atoms with van der Waals surface area (Å²) in [4.78, 5) is 42.9. The van der Waals surface area contributed by atoms with Crippen LogP contribution in [-0.2, 0) is 0 Å². The van der Waals surface area contributed by atoms with Crippen LogP contribution in [0, 0.1) is 21.6 Å². The monoisotopic (exact) mass is 1900 g/mol. The second kappa shape index (κ2) is 56.9. The third-order valence-corrected chi connectivity index (χ3v) is 17.1. The molecule has 0 saturated heterocycles. The van der Waals surface area contributed by atoms with Gasteiger partial charge in [-0.3, -0.25) is 24.4 Å². The Balaban J connectivity index is 0.000000748. The molecule has 43 heteroatoms. The molecule has 726 valence electrons. The summed E-state index contributed by atoms with van der Waals surface area (Å²) in [5.41, 5.74) is 14.8. The summed E-state index contributed by atoms with van der Waals surface area (Å²) in [5.74, 6) is -6.24. The first-order valence-corrected chi connectivity index (χ1v) is 38.5. The Kier molecular flexibility index (Phi) is 48.0. The van der Waals surface area contributed by atoms with E-state index in [0.29, 0.717) is 95.5 Å². The number of phenolic OH excluding ortho intramolecular Hbond substituents is 24. The van der Waals surface area contributed by atoms with E-state index >= 15 is 0 Å². The first kappa shape index (κ1) is 116.